The Hall–Kier alpha value is -2.54. The van der Waals surface area contributed by atoms with Gasteiger partial charge >= 0.3 is 5.97 Å². The van der Waals surface area contributed by atoms with Crippen molar-refractivity contribution in [3.63, 3.8) is 0 Å². The summed E-state index contributed by atoms with van der Waals surface area (Å²) >= 11 is 0. The Morgan fingerprint density at radius 3 is 2.81 bits per heavy atom. The quantitative estimate of drug-likeness (QED) is 0.898. The number of hydrogen-bond acceptors (Lipinski definition) is 6. The van der Waals surface area contributed by atoms with Crippen LogP contribution in [-0.4, -0.2) is 42.7 Å². The number of aromatic carboxylic acids is 1. The molecule has 2 aromatic rings. The van der Waals surface area contributed by atoms with Crippen molar-refractivity contribution in [2.45, 2.75) is 6.10 Å². The summed E-state index contributed by atoms with van der Waals surface area (Å²) in [5.41, 5.74) is 0.985. The number of nitrogens with zero attached hydrogens (tertiary/aromatic N) is 1. The van der Waals surface area contributed by atoms with Crippen molar-refractivity contribution in [3.05, 3.63) is 30.0 Å². The zero-order chi connectivity index (χ0) is 14.8. The van der Waals surface area contributed by atoms with E-state index in [9.17, 15) is 4.79 Å². The highest BCUT2D eigenvalue weighted by Crippen LogP contribution is 2.38. The molecule has 1 saturated heterocycles. The predicted molar refractivity (Wildman–Crippen MR) is 70.7 cm³/mol. The summed E-state index contributed by atoms with van der Waals surface area (Å²) in [5, 5.41) is 12.7. The molecule has 7 nitrogen and oxygen atoms in total. The van der Waals surface area contributed by atoms with E-state index in [4.69, 9.17) is 23.8 Å². The monoisotopic (exact) mass is 291 g/mol. The Bertz CT molecular complexity index is 661. The van der Waals surface area contributed by atoms with E-state index in [0.29, 0.717) is 36.0 Å². The van der Waals surface area contributed by atoms with E-state index < -0.39 is 5.97 Å². The van der Waals surface area contributed by atoms with Crippen LogP contribution in [0.1, 0.15) is 10.6 Å². The van der Waals surface area contributed by atoms with Crippen molar-refractivity contribution in [1.82, 2.24) is 5.16 Å². The standard InChI is InChI=1S/C14H13NO6/c1-18-11-4-2-3-9(13(11)20-8-6-19-7-8)10-5-12(14(16)17)21-15-10/h2-5,8H,6-7H2,1H3,(H,16,17). The van der Waals surface area contributed by atoms with Crippen LogP contribution in [0.2, 0.25) is 0 Å². The van der Waals surface area contributed by atoms with Crippen LogP contribution in [0.4, 0.5) is 0 Å². The van der Waals surface area contributed by atoms with Gasteiger partial charge in [-0.25, -0.2) is 4.79 Å². The van der Waals surface area contributed by atoms with E-state index in [2.05, 4.69) is 5.16 Å². The Labute approximate surface area is 120 Å². The van der Waals surface area contributed by atoms with Crippen LogP contribution in [0, 0.1) is 0 Å². The lowest BCUT2D eigenvalue weighted by Crippen LogP contribution is -2.38. The number of aromatic nitrogens is 1. The maximum atomic E-state index is 10.9. The molecule has 21 heavy (non-hydrogen) atoms. The van der Waals surface area contributed by atoms with Crippen LogP contribution < -0.4 is 9.47 Å². The lowest BCUT2D eigenvalue weighted by atomic mass is 10.1. The highest BCUT2D eigenvalue weighted by atomic mass is 16.6. The zero-order valence-electron chi connectivity index (χ0n) is 11.2. The van der Waals surface area contributed by atoms with Gasteiger partial charge in [0.25, 0.3) is 0 Å². The molecule has 0 amide bonds. The third kappa shape index (κ3) is 2.55. The molecule has 0 atom stereocenters. The minimum absolute atomic E-state index is 0.0501. The zero-order valence-corrected chi connectivity index (χ0v) is 11.2. The molecule has 1 N–H and O–H groups in total. The van der Waals surface area contributed by atoms with Gasteiger partial charge < -0.3 is 23.8 Å². The smallest absolute Gasteiger partial charge is 0.374 e. The summed E-state index contributed by atoms with van der Waals surface area (Å²) < 4.78 is 21.0. The highest BCUT2D eigenvalue weighted by molar-refractivity contribution is 5.86. The van der Waals surface area contributed by atoms with E-state index in [1.165, 1.54) is 13.2 Å². The predicted octanol–water partition coefficient (Wildman–Crippen LogP) is 1.83. The summed E-state index contributed by atoms with van der Waals surface area (Å²) in [7, 11) is 1.54. The molecule has 1 aromatic carbocycles. The fourth-order valence-electron chi connectivity index (χ4n) is 1.95. The summed E-state index contributed by atoms with van der Waals surface area (Å²) in [6, 6.07) is 6.64. The van der Waals surface area contributed by atoms with Crippen LogP contribution in [0.5, 0.6) is 11.5 Å². The van der Waals surface area contributed by atoms with E-state index in [-0.39, 0.29) is 11.9 Å². The number of ether oxygens (including phenoxy) is 3. The Morgan fingerprint density at radius 2 is 2.24 bits per heavy atom. The van der Waals surface area contributed by atoms with Gasteiger partial charge in [0.15, 0.2) is 11.5 Å². The fourth-order valence-corrected chi connectivity index (χ4v) is 1.95. The van der Waals surface area contributed by atoms with Gasteiger partial charge in [0.05, 0.1) is 20.3 Å². The van der Waals surface area contributed by atoms with Crippen molar-refractivity contribution in [2.24, 2.45) is 0 Å². The van der Waals surface area contributed by atoms with Crippen molar-refractivity contribution >= 4 is 5.97 Å². The van der Waals surface area contributed by atoms with E-state index in [1.54, 1.807) is 18.2 Å². The van der Waals surface area contributed by atoms with Gasteiger partial charge in [-0.15, -0.1) is 0 Å². The highest BCUT2D eigenvalue weighted by Gasteiger charge is 2.25. The average Bonchev–Trinajstić information content (AvgIpc) is 2.92. The number of carboxylic acid groups (broad SMARTS) is 1. The molecule has 0 bridgehead atoms. The SMILES string of the molecule is COc1cccc(-c2cc(C(=O)O)on2)c1OC1COC1. The molecule has 0 unspecified atom stereocenters. The van der Waals surface area contributed by atoms with Crippen LogP contribution >= 0.6 is 0 Å². The number of rotatable bonds is 5. The second kappa shape index (κ2) is 5.45. The van der Waals surface area contributed by atoms with Gasteiger partial charge in [0.1, 0.15) is 11.8 Å². The van der Waals surface area contributed by atoms with Crippen molar-refractivity contribution < 1.29 is 28.6 Å². The van der Waals surface area contributed by atoms with Crippen molar-refractivity contribution in [1.29, 1.82) is 0 Å². The van der Waals surface area contributed by atoms with Gasteiger partial charge in [-0.1, -0.05) is 11.2 Å². The molecule has 0 radical (unpaired) electrons. The first kappa shape index (κ1) is 13.4. The van der Waals surface area contributed by atoms with E-state index >= 15 is 0 Å². The molecular weight excluding hydrogens is 278 g/mol. The first-order valence-corrected chi connectivity index (χ1v) is 6.31. The third-order valence-corrected chi connectivity index (χ3v) is 3.09. The summed E-state index contributed by atoms with van der Waals surface area (Å²) in [4.78, 5) is 10.9. The number of hydrogen-bond donors (Lipinski definition) is 1. The molecule has 0 aliphatic carbocycles. The molecule has 1 aliphatic rings. The Balaban J connectivity index is 2.00. The molecular formula is C14H13NO6. The van der Waals surface area contributed by atoms with Crippen LogP contribution in [0.15, 0.2) is 28.8 Å². The molecule has 1 aromatic heterocycles. The number of carbonyl (C=O) groups is 1. The molecule has 3 rings (SSSR count). The maximum absolute atomic E-state index is 10.9. The molecule has 0 saturated carbocycles. The van der Waals surface area contributed by atoms with Gasteiger partial charge in [-0.05, 0) is 12.1 Å². The molecule has 1 aliphatic heterocycles. The summed E-state index contributed by atoms with van der Waals surface area (Å²) in [6.45, 7) is 1.02. The number of benzene rings is 1. The van der Waals surface area contributed by atoms with E-state index in [0.717, 1.165) is 0 Å². The van der Waals surface area contributed by atoms with Crippen LogP contribution in [0.25, 0.3) is 11.3 Å². The van der Waals surface area contributed by atoms with Gasteiger partial charge in [-0.3, -0.25) is 0 Å². The Kier molecular flexibility index (Phi) is 3.49. The van der Waals surface area contributed by atoms with Crippen LogP contribution in [-0.2, 0) is 4.74 Å². The fraction of sp³-hybridized carbons (Fsp3) is 0.286. The Morgan fingerprint density at radius 1 is 1.43 bits per heavy atom. The summed E-state index contributed by atoms with van der Waals surface area (Å²) in [5.74, 6) is -0.366. The van der Waals surface area contributed by atoms with Gasteiger partial charge in [-0.2, -0.15) is 0 Å². The first-order chi connectivity index (χ1) is 10.2. The average molecular weight is 291 g/mol. The minimum Gasteiger partial charge on any atom is -0.493 e. The first-order valence-electron chi connectivity index (χ1n) is 6.31. The summed E-state index contributed by atoms with van der Waals surface area (Å²) in [6.07, 6.45) is -0.0501. The van der Waals surface area contributed by atoms with E-state index in [1.807, 2.05) is 0 Å². The van der Waals surface area contributed by atoms with Crippen molar-refractivity contribution in [2.75, 3.05) is 20.3 Å². The van der Waals surface area contributed by atoms with Crippen LogP contribution in [0.3, 0.4) is 0 Å². The molecule has 110 valence electrons. The largest absolute Gasteiger partial charge is 0.493 e. The second-order valence-corrected chi connectivity index (χ2v) is 4.50. The lowest BCUT2D eigenvalue weighted by Gasteiger charge is -2.28. The number of methoxy groups -OCH3 is 1. The van der Waals surface area contributed by atoms with Crippen molar-refractivity contribution in [3.8, 4) is 22.8 Å². The molecule has 7 heteroatoms. The molecule has 2 heterocycles. The topological polar surface area (TPSA) is 91.0 Å². The minimum atomic E-state index is -1.17. The normalized spacial score (nSPS) is 14.5. The lowest BCUT2D eigenvalue weighted by molar-refractivity contribution is -0.0801. The maximum Gasteiger partial charge on any atom is 0.374 e. The number of carboxylic acids is 1. The number of para-hydroxylation sites is 1. The molecule has 0 spiro atoms. The second-order valence-electron chi connectivity index (χ2n) is 4.50. The van der Waals surface area contributed by atoms with Gasteiger partial charge in [0, 0.05) is 11.6 Å². The molecule has 1 fully saturated rings. The van der Waals surface area contributed by atoms with Gasteiger partial charge in [0.2, 0.25) is 5.76 Å². The third-order valence-electron chi connectivity index (χ3n) is 3.09.